The molecular weight excluding hydrogens is 1140 g/mol. The predicted molar refractivity (Wildman–Crippen MR) is 311 cm³/mol. The summed E-state index contributed by atoms with van der Waals surface area (Å²) in [5, 5.41) is 42.8. The number of nitrogens with two attached hydrogens (primary N) is 1. The Bertz CT molecular complexity index is 2510. The number of carbonyl (C=O) groups is 11. The molecule has 0 spiro atoms. The first-order valence-corrected chi connectivity index (χ1v) is 31.8. The first kappa shape index (κ1) is 67.5. The number of rotatable bonds is 9. The third-order valence-electron chi connectivity index (χ3n) is 14.6. The molecule has 1 aromatic carbocycles. The minimum absolute atomic E-state index is 0.0128. The highest BCUT2D eigenvalue weighted by Crippen LogP contribution is 2.28. The standard InChI is InChI=1S/C54H81N11O15S3/c1-6-30(2)44-54(78)65-17-12-14-41(65)51(75)63-45(32(4)66)52(76)60-38(46(55)70)28-82-26-33-21-34-23-35(22-33)79-18-9-7-8-10-19-80-56-25-42(67)57-31(3)47(71)61-39(29-83-27-34)53(77)64-16-11-13-40(64)50(74)58-36(15-20-81-5)48(72)59-37(24-43(68)69)49(73)62-44/h21-23,25,30-32,36-41,44-45,66H,6-20,24,26-29H2,1-5H3,(H2,55,70)(H,57,67)(H,58,74)(H,59,72)(H,60,76)(H,61,71)(H,62,73)(H,63,75)(H,68,69)/b56-25+/t30-,31-,32+,36-,37-,38-,39-,40-,41-,44-,45-/m0/s1. The zero-order valence-corrected chi connectivity index (χ0v) is 50.1. The average molecular weight is 1220 g/mol. The zero-order valence-electron chi connectivity index (χ0n) is 47.6. The van der Waals surface area contributed by atoms with Crippen LogP contribution in [-0.4, -0.2) is 202 Å². The second-order valence-corrected chi connectivity index (χ2v) is 24.1. The number of aliphatic carboxylic acids is 1. The minimum Gasteiger partial charge on any atom is -0.494 e. The Hall–Kier alpha value is -6.33. The average Bonchev–Trinajstić information content (AvgIpc) is 4.28. The molecule has 0 saturated carbocycles. The monoisotopic (exact) mass is 1220 g/mol. The van der Waals surface area contributed by atoms with Crippen molar-refractivity contribution in [2.24, 2.45) is 16.8 Å². The molecule has 83 heavy (non-hydrogen) atoms. The molecule has 0 aromatic heterocycles. The summed E-state index contributed by atoms with van der Waals surface area (Å²) in [6, 6.07) is -6.50. The third kappa shape index (κ3) is 20.8. The summed E-state index contributed by atoms with van der Waals surface area (Å²) in [7, 11) is 0. The molecule has 460 valence electrons. The number of carboxylic acid groups (broad SMARTS) is 1. The molecule has 29 heteroatoms. The lowest BCUT2D eigenvalue weighted by atomic mass is 9.96. The van der Waals surface area contributed by atoms with Crippen LogP contribution >= 0.6 is 35.3 Å². The van der Waals surface area contributed by atoms with Crippen LogP contribution in [0.1, 0.15) is 109 Å². The number of aliphatic hydroxyl groups excluding tert-OH is 1. The zero-order chi connectivity index (χ0) is 60.8. The highest BCUT2D eigenvalue weighted by Gasteiger charge is 2.43. The van der Waals surface area contributed by atoms with E-state index >= 15 is 0 Å². The number of thioether (sulfide) groups is 3. The van der Waals surface area contributed by atoms with E-state index in [-0.39, 0.29) is 62.0 Å². The molecule has 11 N–H and O–H groups in total. The number of benzene rings is 1. The minimum atomic E-state index is -1.77. The van der Waals surface area contributed by atoms with Gasteiger partial charge in [-0.1, -0.05) is 31.5 Å². The lowest BCUT2D eigenvalue weighted by Gasteiger charge is -2.33. The van der Waals surface area contributed by atoms with Crippen LogP contribution in [0.5, 0.6) is 5.75 Å². The summed E-state index contributed by atoms with van der Waals surface area (Å²) < 4.78 is 6.23. The van der Waals surface area contributed by atoms with E-state index in [1.807, 2.05) is 18.2 Å². The van der Waals surface area contributed by atoms with Gasteiger partial charge in [0, 0.05) is 36.1 Å². The summed E-state index contributed by atoms with van der Waals surface area (Å²) in [6.45, 7) is 6.85. The van der Waals surface area contributed by atoms with Crippen molar-refractivity contribution >= 4 is 107 Å². The van der Waals surface area contributed by atoms with Crippen molar-refractivity contribution in [2.45, 2.75) is 170 Å². The first-order chi connectivity index (χ1) is 39.6. The van der Waals surface area contributed by atoms with E-state index in [9.17, 15) is 63.0 Å². The van der Waals surface area contributed by atoms with Crippen molar-refractivity contribution < 1.29 is 72.5 Å². The van der Waals surface area contributed by atoms with Crippen LogP contribution in [0.25, 0.3) is 0 Å². The molecule has 11 atom stereocenters. The predicted octanol–water partition coefficient (Wildman–Crippen LogP) is -0.343. The molecule has 2 saturated heterocycles. The van der Waals surface area contributed by atoms with Gasteiger partial charge in [-0.25, -0.2) is 0 Å². The Labute approximate surface area is 495 Å². The number of carboxylic acids is 1. The summed E-state index contributed by atoms with van der Waals surface area (Å²) in [6.07, 6.45) is 4.52. The topological polar surface area (TPSA) is 376 Å². The number of carbonyl (C=O) groups excluding carboxylic acids is 10. The summed E-state index contributed by atoms with van der Waals surface area (Å²) in [5.74, 6) is -8.80. The molecule has 5 rings (SSSR count). The molecule has 26 nitrogen and oxygen atoms in total. The van der Waals surface area contributed by atoms with Gasteiger partial charge in [-0.05, 0) is 113 Å². The highest BCUT2D eigenvalue weighted by atomic mass is 32.2. The van der Waals surface area contributed by atoms with Crippen molar-refractivity contribution in [1.29, 1.82) is 0 Å². The van der Waals surface area contributed by atoms with Gasteiger partial charge >= 0.3 is 5.97 Å². The number of primary amides is 1. The second kappa shape index (κ2) is 33.8. The highest BCUT2D eigenvalue weighted by molar-refractivity contribution is 7.99. The van der Waals surface area contributed by atoms with Crippen LogP contribution in [0, 0.1) is 5.92 Å². The molecule has 4 aliphatic rings. The van der Waals surface area contributed by atoms with Crippen molar-refractivity contribution in [3.05, 3.63) is 29.3 Å². The van der Waals surface area contributed by atoms with E-state index in [1.54, 1.807) is 20.1 Å². The second-order valence-electron chi connectivity index (χ2n) is 21.1. The van der Waals surface area contributed by atoms with Gasteiger partial charge in [-0.3, -0.25) is 52.7 Å². The van der Waals surface area contributed by atoms with Gasteiger partial charge < -0.3 is 72.5 Å². The number of hydrogen-bond acceptors (Lipinski definition) is 18. The van der Waals surface area contributed by atoms with Crippen LogP contribution in [0.2, 0.25) is 0 Å². The number of fused-ring (bicyclic) bond motifs is 7. The van der Waals surface area contributed by atoms with E-state index < -0.39 is 138 Å². The Morgan fingerprint density at radius 2 is 1.31 bits per heavy atom. The Kier molecular flexibility index (Phi) is 27.5. The van der Waals surface area contributed by atoms with Gasteiger partial charge in [0.05, 0.1) is 19.1 Å². The Balaban J connectivity index is 1.55. The van der Waals surface area contributed by atoms with Crippen molar-refractivity contribution in [3.63, 3.8) is 0 Å². The van der Waals surface area contributed by atoms with E-state index in [1.165, 1.54) is 58.9 Å². The molecule has 2 fully saturated rings. The van der Waals surface area contributed by atoms with Crippen LogP contribution < -0.4 is 47.7 Å². The van der Waals surface area contributed by atoms with E-state index in [4.69, 9.17) is 15.3 Å². The first-order valence-electron chi connectivity index (χ1n) is 28.1. The largest absolute Gasteiger partial charge is 0.494 e. The Morgan fingerprint density at radius 1 is 0.723 bits per heavy atom. The fourth-order valence-electron chi connectivity index (χ4n) is 9.77. The summed E-state index contributed by atoms with van der Waals surface area (Å²) >= 11 is 3.89. The molecule has 10 amide bonds. The van der Waals surface area contributed by atoms with Gasteiger partial charge in [-0.15, -0.1) is 0 Å². The number of amides is 10. The molecular formula is C54H81N11O15S3. The van der Waals surface area contributed by atoms with Gasteiger partial charge in [0.1, 0.15) is 72.9 Å². The van der Waals surface area contributed by atoms with E-state index in [0.29, 0.717) is 50.2 Å². The maximum absolute atomic E-state index is 14.8. The number of ether oxygens (including phenoxy) is 1. The van der Waals surface area contributed by atoms with Gasteiger partial charge in [-0.2, -0.15) is 35.3 Å². The lowest BCUT2D eigenvalue weighted by Crippen LogP contribution is -2.62. The summed E-state index contributed by atoms with van der Waals surface area (Å²) in [4.78, 5) is 160. The van der Waals surface area contributed by atoms with Gasteiger partial charge in [0.2, 0.25) is 53.2 Å². The molecule has 0 unspecified atom stereocenters. The maximum atomic E-state index is 14.8. The van der Waals surface area contributed by atoms with Crippen molar-refractivity contribution in [2.75, 3.05) is 49.8 Å². The molecule has 4 aliphatic heterocycles. The molecule has 0 aliphatic carbocycles. The third-order valence-corrected chi connectivity index (χ3v) is 17.4. The quantitative estimate of drug-likeness (QED) is 0.151. The smallest absolute Gasteiger partial charge is 0.305 e. The van der Waals surface area contributed by atoms with Crippen LogP contribution in [-0.2, 0) is 69.1 Å². The van der Waals surface area contributed by atoms with Gasteiger partial charge in [0.15, 0.2) is 0 Å². The summed E-state index contributed by atoms with van der Waals surface area (Å²) in [5.41, 5.74) is 7.33. The van der Waals surface area contributed by atoms with E-state index in [0.717, 1.165) is 30.2 Å². The van der Waals surface area contributed by atoms with Crippen molar-refractivity contribution in [1.82, 2.24) is 47.0 Å². The number of aliphatic hydroxyl groups is 1. The fraction of sp³-hybridized carbons (Fsp3) is 0.667. The van der Waals surface area contributed by atoms with Crippen LogP contribution in [0.3, 0.4) is 0 Å². The lowest BCUT2D eigenvalue weighted by molar-refractivity contribution is -0.145. The Morgan fingerprint density at radius 3 is 1.93 bits per heavy atom. The molecule has 4 heterocycles. The maximum Gasteiger partial charge on any atom is 0.305 e. The van der Waals surface area contributed by atoms with Crippen molar-refractivity contribution in [3.8, 4) is 5.75 Å². The number of oxime groups is 1. The number of nitrogens with zero attached hydrogens (tertiary/aromatic N) is 3. The molecule has 4 bridgehead atoms. The molecule has 1 aromatic rings. The van der Waals surface area contributed by atoms with Crippen LogP contribution in [0.15, 0.2) is 23.4 Å². The SMILES string of the molecule is CC[C@H](C)[C@@H]1NC(=O)[C@H](CC(=O)O)NC(=O)[C@H](CCSC)NC(=O)[C@@H]2CCCN2C(=O)[C@@H]2CSCc3cc(cc(c3)OCCCCCCO/N=C/C(=O)N[C@@H](C)C(=O)N2)CSC[C@@H](C(N)=O)NC(=O)[C@H]([C@@H](C)O)NC(=O)[C@@H]2CCCN2C1=O. The fourth-order valence-corrected chi connectivity index (χ4v) is 12.2. The number of nitrogens with one attached hydrogen (secondary N) is 7. The molecule has 0 radical (unpaired) electrons. The normalized spacial score (nSPS) is 28.1. The number of hydrogen-bond donors (Lipinski definition) is 10. The van der Waals surface area contributed by atoms with Gasteiger partial charge in [0.25, 0.3) is 5.91 Å². The van der Waals surface area contributed by atoms with Crippen LogP contribution in [0.4, 0.5) is 0 Å². The van der Waals surface area contributed by atoms with E-state index in [2.05, 4.69) is 42.4 Å².